The Hall–Kier alpha value is 0.184. The second kappa shape index (κ2) is 51.2. The van der Waals surface area contributed by atoms with Crippen molar-refractivity contribution < 1.29 is 32.7 Å². The van der Waals surface area contributed by atoms with E-state index in [0.717, 1.165) is 0 Å². The summed E-state index contributed by atoms with van der Waals surface area (Å²) in [5.41, 5.74) is 0. The molecule has 0 unspecified atom stereocenters. The Kier molecular flexibility index (Phi) is 107. The van der Waals surface area contributed by atoms with E-state index in [4.69, 9.17) is 0 Å². The molecule has 0 bridgehead atoms. The van der Waals surface area contributed by atoms with Crippen LogP contribution in [-0.4, -0.2) is 9.97 Å². The van der Waals surface area contributed by atoms with Crippen molar-refractivity contribution in [2.75, 3.05) is 0 Å². The molecule has 0 aliphatic heterocycles. The van der Waals surface area contributed by atoms with Crippen LogP contribution >= 0.6 is 0 Å². The maximum absolute atomic E-state index is 3.67. The molecule has 3 heteroatoms. The van der Waals surface area contributed by atoms with Crippen LogP contribution in [0.3, 0.4) is 0 Å². The van der Waals surface area contributed by atoms with Crippen LogP contribution in [0.4, 0.5) is 0 Å². The molecule has 2 nitrogen and oxygen atoms in total. The number of hydrogen-bond acceptors (Lipinski definition) is 2. The van der Waals surface area contributed by atoms with Gasteiger partial charge in [-0.1, -0.05) is 41.5 Å². The maximum atomic E-state index is 3.67. The Morgan fingerprint density at radius 1 is 0.714 bits per heavy atom. The first-order valence-electron chi connectivity index (χ1n) is 4.70. The van der Waals surface area contributed by atoms with Crippen molar-refractivity contribution >= 4 is 0 Å². The third-order valence-corrected chi connectivity index (χ3v) is 0.478. The minimum Gasteiger partial charge on any atom is -0.358 e. The van der Waals surface area contributed by atoms with Gasteiger partial charge in [0.25, 0.3) is 0 Å². The van der Waals surface area contributed by atoms with Crippen LogP contribution in [0.25, 0.3) is 0 Å². The van der Waals surface area contributed by atoms with Crippen molar-refractivity contribution in [1.82, 2.24) is 9.97 Å². The minimum atomic E-state index is 0. The van der Waals surface area contributed by atoms with Crippen LogP contribution in [0.2, 0.25) is 0 Å². The van der Waals surface area contributed by atoms with Gasteiger partial charge in [-0.2, -0.15) is 0 Å². The van der Waals surface area contributed by atoms with E-state index in [1.165, 1.54) is 6.33 Å². The van der Waals surface area contributed by atoms with Gasteiger partial charge in [0.1, 0.15) is 6.33 Å². The van der Waals surface area contributed by atoms with E-state index in [2.05, 4.69) is 9.97 Å². The third kappa shape index (κ3) is 39.9. The SMILES string of the molecule is CC.CC.CC.[CH3-].[Y].c1cncnc1. The third-order valence-electron chi connectivity index (χ3n) is 0.478. The molecular weight excluding hydrogens is 249 g/mol. The standard InChI is InChI=1S/C4H4N2.3C2H6.CH3.Y/c1-2-5-4-6-3-1;3*1-2;;/h1-4H;3*1-2H3;1H3;/q;;;;-1;. The van der Waals surface area contributed by atoms with Crippen LogP contribution in [0.15, 0.2) is 24.8 Å². The van der Waals surface area contributed by atoms with E-state index in [1.54, 1.807) is 18.5 Å². The molecule has 0 aliphatic carbocycles. The molecule has 0 amide bonds. The molecule has 0 atom stereocenters. The van der Waals surface area contributed by atoms with Crippen molar-refractivity contribution in [2.24, 2.45) is 0 Å². The molecule has 0 aromatic carbocycles. The summed E-state index contributed by atoms with van der Waals surface area (Å²) in [6, 6.07) is 1.78. The van der Waals surface area contributed by atoms with Gasteiger partial charge in [0, 0.05) is 45.1 Å². The average Bonchev–Trinajstić information content (AvgIpc) is 2.29. The predicted molar refractivity (Wildman–Crippen MR) is 62.5 cm³/mol. The fourth-order valence-corrected chi connectivity index (χ4v) is 0.253. The van der Waals surface area contributed by atoms with E-state index in [0.29, 0.717) is 0 Å². The van der Waals surface area contributed by atoms with Gasteiger partial charge in [-0.25, -0.2) is 9.97 Å². The monoisotopic (exact) mass is 274 g/mol. The molecule has 0 spiro atoms. The van der Waals surface area contributed by atoms with Crippen molar-refractivity contribution in [3.63, 3.8) is 0 Å². The maximum Gasteiger partial charge on any atom is 0.115 e. The first-order chi connectivity index (χ1) is 6.00. The van der Waals surface area contributed by atoms with Crippen LogP contribution in [0.5, 0.6) is 0 Å². The Morgan fingerprint density at radius 3 is 1.07 bits per heavy atom. The van der Waals surface area contributed by atoms with E-state index < -0.39 is 0 Å². The van der Waals surface area contributed by atoms with E-state index >= 15 is 0 Å². The molecular formula is C11H25N2Y-. The number of nitrogens with zero attached hydrogens (tertiary/aromatic N) is 2. The topological polar surface area (TPSA) is 25.8 Å². The minimum absolute atomic E-state index is 0. The zero-order valence-electron chi connectivity index (χ0n) is 10.8. The van der Waals surface area contributed by atoms with Gasteiger partial charge in [-0.15, -0.1) is 0 Å². The first-order valence-corrected chi connectivity index (χ1v) is 4.70. The Labute approximate surface area is 116 Å². The molecule has 1 aromatic heterocycles. The Balaban J connectivity index is -0.0000000300. The molecule has 1 rings (SSSR count). The van der Waals surface area contributed by atoms with E-state index in [-0.39, 0.29) is 40.1 Å². The molecule has 1 aromatic rings. The molecule has 14 heavy (non-hydrogen) atoms. The Morgan fingerprint density at radius 2 is 1.00 bits per heavy atom. The smallest absolute Gasteiger partial charge is 0.115 e. The fraction of sp³-hybridized carbons (Fsp3) is 0.545. The van der Waals surface area contributed by atoms with Gasteiger partial charge in [-0.05, 0) is 6.07 Å². The van der Waals surface area contributed by atoms with Gasteiger partial charge in [0.05, 0.1) is 0 Å². The van der Waals surface area contributed by atoms with Gasteiger partial charge in [-0.3, -0.25) is 0 Å². The molecule has 1 radical (unpaired) electrons. The van der Waals surface area contributed by atoms with Gasteiger partial charge in [0.2, 0.25) is 0 Å². The fourth-order valence-electron chi connectivity index (χ4n) is 0.253. The second-order valence-corrected chi connectivity index (χ2v) is 0.904. The van der Waals surface area contributed by atoms with Crippen molar-refractivity contribution in [3.05, 3.63) is 32.2 Å². The number of aromatic nitrogens is 2. The van der Waals surface area contributed by atoms with Crippen LogP contribution in [-0.2, 0) is 32.7 Å². The summed E-state index contributed by atoms with van der Waals surface area (Å²) in [4.78, 5) is 7.35. The van der Waals surface area contributed by atoms with Gasteiger partial charge >= 0.3 is 0 Å². The van der Waals surface area contributed by atoms with Crippen molar-refractivity contribution in [3.8, 4) is 0 Å². The summed E-state index contributed by atoms with van der Waals surface area (Å²) in [6.45, 7) is 12.0. The van der Waals surface area contributed by atoms with Crippen LogP contribution in [0.1, 0.15) is 41.5 Å². The Bertz CT molecular complexity index is 85.2. The van der Waals surface area contributed by atoms with Crippen LogP contribution < -0.4 is 0 Å². The summed E-state index contributed by atoms with van der Waals surface area (Å²) in [5, 5.41) is 0. The molecule has 0 saturated carbocycles. The molecule has 0 N–H and O–H groups in total. The molecule has 0 aliphatic rings. The van der Waals surface area contributed by atoms with Crippen molar-refractivity contribution in [1.29, 1.82) is 0 Å². The molecule has 83 valence electrons. The molecule has 1 heterocycles. The summed E-state index contributed by atoms with van der Waals surface area (Å²) in [6.07, 6.45) is 4.88. The predicted octanol–water partition coefficient (Wildman–Crippen LogP) is 4.00. The van der Waals surface area contributed by atoms with E-state index in [1.807, 2.05) is 41.5 Å². The zero-order valence-corrected chi connectivity index (χ0v) is 13.6. The van der Waals surface area contributed by atoms with Gasteiger partial charge < -0.3 is 7.43 Å². The first kappa shape index (κ1) is 29.2. The normalized spacial score (nSPS) is 4.71. The average molecular weight is 274 g/mol. The quantitative estimate of drug-likeness (QED) is 0.668. The summed E-state index contributed by atoms with van der Waals surface area (Å²) in [5.74, 6) is 0. The molecule has 0 saturated heterocycles. The largest absolute Gasteiger partial charge is 0.358 e. The summed E-state index contributed by atoms with van der Waals surface area (Å²) >= 11 is 0. The van der Waals surface area contributed by atoms with E-state index in [9.17, 15) is 0 Å². The summed E-state index contributed by atoms with van der Waals surface area (Å²) < 4.78 is 0. The number of rotatable bonds is 0. The number of hydrogen-bond donors (Lipinski definition) is 0. The second-order valence-electron chi connectivity index (χ2n) is 0.904. The van der Waals surface area contributed by atoms with Crippen LogP contribution in [0, 0.1) is 7.43 Å². The zero-order chi connectivity index (χ0) is 10.2. The summed E-state index contributed by atoms with van der Waals surface area (Å²) in [7, 11) is 0. The van der Waals surface area contributed by atoms with Gasteiger partial charge in [0.15, 0.2) is 0 Å². The van der Waals surface area contributed by atoms with Crippen molar-refractivity contribution in [2.45, 2.75) is 41.5 Å². The molecule has 0 fully saturated rings.